The number of aryl methyl sites for hydroxylation is 2. The van der Waals surface area contributed by atoms with E-state index < -0.39 is 17.5 Å². The first-order chi connectivity index (χ1) is 14.3. The highest BCUT2D eigenvalue weighted by atomic mass is 19.1. The molecule has 3 aromatic rings. The van der Waals surface area contributed by atoms with Crippen molar-refractivity contribution in [3.63, 3.8) is 0 Å². The fourth-order valence-corrected chi connectivity index (χ4v) is 3.50. The monoisotopic (exact) mass is 410 g/mol. The van der Waals surface area contributed by atoms with Crippen LogP contribution in [0.4, 0.5) is 10.2 Å². The van der Waals surface area contributed by atoms with Crippen molar-refractivity contribution < 1.29 is 14.3 Å². The summed E-state index contributed by atoms with van der Waals surface area (Å²) in [5.41, 5.74) is 1.22. The zero-order valence-corrected chi connectivity index (χ0v) is 17.1. The minimum Gasteiger partial charge on any atom is -0.387 e. The van der Waals surface area contributed by atoms with Crippen molar-refractivity contribution in [2.24, 2.45) is 13.0 Å². The number of nitrogens with zero attached hydrogens (tertiary/aromatic N) is 3. The van der Waals surface area contributed by atoms with Crippen LogP contribution in [0.15, 0.2) is 29.3 Å². The van der Waals surface area contributed by atoms with Crippen molar-refractivity contribution in [2.75, 3.05) is 5.32 Å². The van der Waals surface area contributed by atoms with E-state index in [1.165, 1.54) is 23.0 Å². The lowest BCUT2D eigenvalue weighted by Crippen LogP contribution is -2.22. The standard InChI is InChI=1S/C22H23FN4O3/c1-4-17(28)15-7-11(2)13(9-24-15)19-20(23)14-10-25-18(26-21(29)12-5-6-12)8-16(14)27(3)22(19)30/h7-10,12,17,28H,4-6H2,1-3H3,(H,25,26,29)/t17-/m0/s1. The Labute approximate surface area is 172 Å². The number of aliphatic hydroxyl groups excluding tert-OH is 1. The van der Waals surface area contributed by atoms with Crippen LogP contribution in [0.2, 0.25) is 0 Å². The SMILES string of the molecule is CC[C@H](O)c1cc(C)c(-c2c(F)c3cnc(NC(=O)C4CC4)cc3n(C)c2=O)cn1. The molecule has 3 heterocycles. The third-order valence-corrected chi connectivity index (χ3v) is 5.55. The Kier molecular flexibility index (Phi) is 5.11. The molecule has 4 rings (SSSR count). The molecule has 1 amide bonds. The van der Waals surface area contributed by atoms with Crippen LogP contribution in [-0.4, -0.2) is 25.5 Å². The summed E-state index contributed by atoms with van der Waals surface area (Å²) in [6.45, 7) is 3.59. The average Bonchev–Trinajstić information content (AvgIpc) is 3.58. The van der Waals surface area contributed by atoms with Crippen LogP contribution in [0.25, 0.3) is 22.0 Å². The number of hydrogen-bond donors (Lipinski definition) is 2. The predicted octanol–water partition coefficient (Wildman–Crippen LogP) is 3.23. The van der Waals surface area contributed by atoms with Gasteiger partial charge < -0.3 is 15.0 Å². The van der Waals surface area contributed by atoms with Gasteiger partial charge in [0.25, 0.3) is 5.56 Å². The molecule has 156 valence electrons. The minimum absolute atomic E-state index is 0.00935. The summed E-state index contributed by atoms with van der Waals surface area (Å²) < 4.78 is 16.8. The fraction of sp³-hybridized carbons (Fsp3) is 0.364. The Balaban J connectivity index is 1.82. The molecule has 7 nitrogen and oxygen atoms in total. The highest BCUT2D eigenvalue weighted by Crippen LogP contribution is 2.31. The van der Waals surface area contributed by atoms with Gasteiger partial charge in [0.05, 0.1) is 28.3 Å². The van der Waals surface area contributed by atoms with E-state index in [1.54, 1.807) is 20.0 Å². The van der Waals surface area contributed by atoms with E-state index in [9.17, 15) is 14.7 Å². The summed E-state index contributed by atoms with van der Waals surface area (Å²) in [5.74, 6) is -0.498. The van der Waals surface area contributed by atoms with Crippen molar-refractivity contribution in [3.05, 3.63) is 52.0 Å². The summed E-state index contributed by atoms with van der Waals surface area (Å²) in [6, 6.07) is 3.18. The van der Waals surface area contributed by atoms with Crippen molar-refractivity contribution in [3.8, 4) is 11.1 Å². The fourth-order valence-electron chi connectivity index (χ4n) is 3.50. The van der Waals surface area contributed by atoms with Gasteiger partial charge in [-0.3, -0.25) is 14.6 Å². The van der Waals surface area contributed by atoms with E-state index in [0.717, 1.165) is 12.8 Å². The summed E-state index contributed by atoms with van der Waals surface area (Å²) in [7, 11) is 1.55. The quantitative estimate of drug-likeness (QED) is 0.673. The Morgan fingerprint density at radius 1 is 1.33 bits per heavy atom. The molecule has 1 fully saturated rings. The van der Waals surface area contributed by atoms with Crippen LogP contribution in [0.3, 0.4) is 0 Å². The third-order valence-electron chi connectivity index (χ3n) is 5.55. The molecule has 2 N–H and O–H groups in total. The van der Waals surface area contributed by atoms with E-state index in [2.05, 4.69) is 15.3 Å². The van der Waals surface area contributed by atoms with E-state index in [1.807, 2.05) is 6.92 Å². The van der Waals surface area contributed by atoms with Crippen LogP contribution in [0.5, 0.6) is 0 Å². The maximum atomic E-state index is 15.4. The highest BCUT2D eigenvalue weighted by Gasteiger charge is 2.30. The van der Waals surface area contributed by atoms with Gasteiger partial charge in [0.1, 0.15) is 11.6 Å². The van der Waals surface area contributed by atoms with E-state index in [4.69, 9.17) is 0 Å². The van der Waals surface area contributed by atoms with Gasteiger partial charge in [-0.05, 0) is 37.8 Å². The number of nitrogens with one attached hydrogen (secondary N) is 1. The topological polar surface area (TPSA) is 97.1 Å². The Morgan fingerprint density at radius 3 is 2.70 bits per heavy atom. The lowest BCUT2D eigenvalue weighted by atomic mass is 10.00. The molecular formula is C22H23FN4O3. The number of pyridine rings is 3. The maximum Gasteiger partial charge on any atom is 0.261 e. The molecule has 0 aromatic carbocycles. The molecular weight excluding hydrogens is 387 g/mol. The summed E-state index contributed by atoms with van der Waals surface area (Å²) in [4.78, 5) is 33.4. The molecule has 0 unspecified atom stereocenters. The number of aliphatic hydroxyl groups is 1. The molecule has 0 bridgehead atoms. The van der Waals surface area contributed by atoms with Gasteiger partial charge in [0.2, 0.25) is 5.91 Å². The Morgan fingerprint density at radius 2 is 2.07 bits per heavy atom. The number of fused-ring (bicyclic) bond motifs is 1. The minimum atomic E-state index is -0.712. The zero-order chi connectivity index (χ0) is 21.6. The second kappa shape index (κ2) is 7.60. The first kappa shape index (κ1) is 20.2. The second-order valence-electron chi connectivity index (χ2n) is 7.75. The van der Waals surface area contributed by atoms with Gasteiger partial charge in [0, 0.05) is 37.0 Å². The molecule has 1 aliphatic carbocycles. The van der Waals surface area contributed by atoms with Gasteiger partial charge in [-0.15, -0.1) is 0 Å². The van der Waals surface area contributed by atoms with E-state index in [-0.39, 0.29) is 28.6 Å². The smallest absolute Gasteiger partial charge is 0.261 e. The maximum absolute atomic E-state index is 15.4. The summed E-state index contributed by atoms with van der Waals surface area (Å²) in [6.07, 6.45) is 4.26. The molecule has 8 heteroatoms. The van der Waals surface area contributed by atoms with Crippen LogP contribution in [-0.2, 0) is 11.8 Å². The normalized spacial score (nSPS) is 14.7. The van der Waals surface area contributed by atoms with Gasteiger partial charge in [-0.25, -0.2) is 9.37 Å². The number of amides is 1. The van der Waals surface area contributed by atoms with Crippen LogP contribution in [0.1, 0.15) is 43.5 Å². The summed E-state index contributed by atoms with van der Waals surface area (Å²) in [5, 5.41) is 12.9. The zero-order valence-electron chi connectivity index (χ0n) is 17.1. The number of carbonyl (C=O) groups is 1. The molecule has 0 aliphatic heterocycles. The Bertz CT molecular complexity index is 1220. The van der Waals surface area contributed by atoms with E-state index in [0.29, 0.717) is 28.8 Å². The molecule has 1 atom stereocenters. The molecule has 30 heavy (non-hydrogen) atoms. The van der Waals surface area contributed by atoms with Crippen molar-refractivity contribution in [1.82, 2.24) is 14.5 Å². The van der Waals surface area contributed by atoms with Crippen LogP contribution < -0.4 is 10.9 Å². The van der Waals surface area contributed by atoms with Crippen molar-refractivity contribution in [2.45, 2.75) is 39.2 Å². The first-order valence-corrected chi connectivity index (χ1v) is 9.95. The second-order valence-corrected chi connectivity index (χ2v) is 7.75. The van der Waals surface area contributed by atoms with E-state index >= 15 is 4.39 Å². The summed E-state index contributed by atoms with van der Waals surface area (Å²) >= 11 is 0. The lowest BCUT2D eigenvalue weighted by Gasteiger charge is -2.15. The molecule has 1 saturated carbocycles. The number of halogens is 1. The van der Waals surface area contributed by atoms with Gasteiger partial charge in [-0.2, -0.15) is 0 Å². The molecule has 3 aromatic heterocycles. The first-order valence-electron chi connectivity index (χ1n) is 9.95. The number of aromatic nitrogens is 3. The largest absolute Gasteiger partial charge is 0.387 e. The number of carbonyl (C=O) groups excluding carboxylic acids is 1. The predicted molar refractivity (Wildman–Crippen MR) is 112 cm³/mol. The highest BCUT2D eigenvalue weighted by molar-refractivity contribution is 5.95. The number of anilines is 1. The van der Waals surface area contributed by atoms with Gasteiger partial charge >= 0.3 is 0 Å². The molecule has 0 spiro atoms. The van der Waals surface area contributed by atoms with Gasteiger partial charge in [-0.1, -0.05) is 6.92 Å². The number of rotatable bonds is 5. The molecule has 1 aliphatic rings. The van der Waals surface area contributed by atoms with Crippen LogP contribution >= 0.6 is 0 Å². The molecule has 0 radical (unpaired) electrons. The van der Waals surface area contributed by atoms with Gasteiger partial charge in [0.15, 0.2) is 0 Å². The molecule has 0 saturated heterocycles. The average molecular weight is 410 g/mol. The van der Waals surface area contributed by atoms with Crippen LogP contribution in [0, 0.1) is 18.7 Å². The Hall–Kier alpha value is -3.13. The lowest BCUT2D eigenvalue weighted by molar-refractivity contribution is -0.117. The third kappa shape index (κ3) is 3.47. The number of hydrogen-bond acceptors (Lipinski definition) is 5. The van der Waals surface area contributed by atoms with Crippen molar-refractivity contribution in [1.29, 1.82) is 0 Å². The van der Waals surface area contributed by atoms with Crippen molar-refractivity contribution >= 4 is 22.6 Å².